The number of nitrogens with two attached hydrogens (primary N) is 1. The molecule has 0 radical (unpaired) electrons. The summed E-state index contributed by atoms with van der Waals surface area (Å²) in [6.45, 7) is 0. The number of carbonyl (C=O) groups excluding carboxylic acids is 2. The highest BCUT2D eigenvalue weighted by molar-refractivity contribution is 5.95. The molecule has 1 heterocycles. The van der Waals surface area contributed by atoms with Crippen molar-refractivity contribution >= 4 is 17.9 Å². The second-order valence-electron chi connectivity index (χ2n) is 5.65. The third kappa shape index (κ3) is 4.24. The summed E-state index contributed by atoms with van der Waals surface area (Å²) >= 11 is 0. The summed E-state index contributed by atoms with van der Waals surface area (Å²) in [6.07, 6.45) is 8.33. The van der Waals surface area contributed by atoms with Crippen LogP contribution in [-0.2, 0) is 9.59 Å². The van der Waals surface area contributed by atoms with Gasteiger partial charge < -0.3 is 15.6 Å². The van der Waals surface area contributed by atoms with Gasteiger partial charge in [0.1, 0.15) is 6.04 Å². The Morgan fingerprint density at radius 1 is 1.08 bits per heavy atom. The van der Waals surface area contributed by atoms with Crippen LogP contribution in [0.5, 0.6) is 0 Å². The lowest BCUT2D eigenvalue weighted by Gasteiger charge is -2.14. The van der Waals surface area contributed by atoms with Gasteiger partial charge in [0.05, 0.1) is 6.33 Å². The van der Waals surface area contributed by atoms with E-state index in [1.165, 1.54) is 6.08 Å². The Morgan fingerprint density at radius 2 is 1.81 bits per heavy atom. The van der Waals surface area contributed by atoms with Gasteiger partial charge in [-0.2, -0.15) is 0 Å². The minimum absolute atomic E-state index is 0.392. The summed E-state index contributed by atoms with van der Waals surface area (Å²) in [5.41, 5.74) is 7.88. The number of rotatable bonds is 6. The van der Waals surface area contributed by atoms with Gasteiger partial charge in [0.2, 0.25) is 11.8 Å². The number of aromatic nitrogens is 2. The summed E-state index contributed by atoms with van der Waals surface area (Å²) in [7, 11) is 0. The van der Waals surface area contributed by atoms with Crippen LogP contribution in [0.1, 0.15) is 17.2 Å². The standard InChI is InChI=1S/C20H18N4O2/c21-20(26)19(16-4-2-1-3-5-16)23-18(25)11-8-15-6-9-17(10-7-15)24-13-12-22-14-24/h1-14,19H,(H2,21,26)(H,23,25)/b11-8+. The van der Waals surface area contributed by atoms with Crippen LogP contribution in [0, 0.1) is 0 Å². The minimum atomic E-state index is -0.864. The lowest BCUT2D eigenvalue weighted by Crippen LogP contribution is -2.36. The summed E-state index contributed by atoms with van der Waals surface area (Å²) in [4.78, 5) is 27.8. The SMILES string of the molecule is NC(=O)C(NC(=O)/C=C/c1ccc(-n2ccnc2)cc1)c1ccccc1. The Morgan fingerprint density at radius 3 is 2.42 bits per heavy atom. The number of hydrogen-bond acceptors (Lipinski definition) is 3. The van der Waals surface area contributed by atoms with E-state index in [4.69, 9.17) is 5.73 Å². The normalized spacial score (nSPS) is 12.0. The zero-order chi connectivity index (χ0) is 18.4. The molecule has 2 amide bonds. The first-order chi connectivity index (χ1) is 12.6. The maximum absolute atomic E-state index is 12.1. The van der Waals surface area contributed by atoms with Gasteiger partial charge in [-0.25, -0.2) is 4.98 Å². The maximum atomic E-state index is 12.1. The van der Waals surface area contributed by atoms with Crippen LogP contribution in [0.15, 0.2) is 79.4 Å². The van der Waals surface area contributed by atoms with Gasteiger partial charge in [0.25, 0.3) is 0 Å². The lowest BCUT2D eigenvalue weighted by molar-refractivity contribution is -0.125. The van der Waals surface area contributed by atoms with E-state index in [-0.39, 0.29) is 0 Å². The third-order valence-electron chi connectivity index (χ3n) is 3.83. The largest absolute Gasteiger partial charge is 0.368 e. The van der Waals surface area contributed by atoms with Crippen molar-refractivity contribution < 1.29 is 9.59 Å². The maximum Gasteiger partial charge on any atom is 0.244 e. The van der Waals surface area contributed by atoms with Crippen LogP contribution in [-0.4, -0.2) is 21.4 Å². The quantitative estimate of drug-likeness (QED) is 0.671. The Bertz CT molecular complexity index is 901. The van der Waals surface area contributed by atoms with Crippen LogP contribution in [0.25, 0.3) is 11.8 Å². The van der Waals surface area contributed by atoms with Gasteiger partial charge in [0.15, 0.2) is 0 Å². The Kier molecular flexibility index (Phi) is 5.24. The van der Waals surface area contributed by atoms with Crippen LogP contribution < -0.4 is 11.1 Å². The molecule has 0 saturated heterocycles. The fourth-order valence-corrected chi connectivity index (χ4v) is 2.50. The van der Waals surface area contributed by atoms with E-state index in [0.717, 1.165) is 11.3 Å². The number of amides is 2. The smallest absolute Gasteiger partial charge is 0.244 e. The summed E-state index contributed by atoms with van der Waals surface area (Å²) < 4.78 is 1.89. The zero-order valence-electron chi connectivity index (χ0n) is 13.9. The fourth-order valence-electron chi connectivity index (χ4n) is 2.50. The number of carbonyl (C=O) groups is 2. The molecule has 0 aliphatic carbocycles. The van der Waals surface area contributed by atoms with Crippen LogP contribution >= 0.6 is 0 Å². The molecule has 0 aliphatic rings. The zero-order valence-corrected chi connectivity index (χ0v) is 13.9. The fraction of sp³-hybridized carbons (Fsp3) is 0.0500. The molecule has 3 rings (SSSR count). The molecule has 26 heavy (non-hydrogen) atoms. The van der Waals surface area contributed by atoms with Gasteiger partial charge in [-0.3, -0.25) is 9.59 Å². The Balaban J connectivity index is 1.66. The summed E-state index contributed by atoms with van der Waals surface area (Å²) in [6, 6.07) is 15.7. The van der Waals surface area contributed by atoms with Gasteiger partial charge in [-0.05, 0) is 29.3 Å². The second kappa shape index (κ2) is 7.94. The topological polar surface area (TPSA) is 90.0 Å². The molecular formula is C20H18N4O2. The van der Waals surface area contributed by atoms with Gasteiger partial charge in [0, 0.05) is 24.2 Å². The Labute approximate surface area is 151 Å². The minimum Gasteiger partial charge on any atom is -0.368 e. The van der Waals surface area contributed by atoms with Crippen molar-refractivity contribution in [3.63, 3.8) is 0 Å². The number of imidazole rings is 1. The lowest BCUT2D eigenvalue weighted by atomic mass is 10.1. The molecule has 0 spiro atoms. The predicted molar refractivity (Wildman–Crippen MR) is 99.1 cm³/mol. The molecule has 0 aliphatic heterocycles. The van der Waals surface area contributed by atoms with E-state index in [9.17, 15) is 9.59 Å². The van der Waals surface area contributed by atoms with Crippen molar-refractivity contribution in [3.05, 3.63) is 90.5 Å². The highest BCUT2D eigenvalue weighted by Gasteiger charge is 2.18. The van der Waals surface area contributed by atoms with Gasteiger partial charge >= 0.3 is 0 Å². The molecule has 1 unspecified atom stereocenters. The Hall–Kier alpha value is -3.67. The molecule has 0 saturated carbocycles. The molecule has 1 atom stereocenters. The molecule has 3 N–H and O–H groups in total. The number of primary amides is 1. The predicted octanol–water partition coefficient (Wildman–Crippen LogP) is 2.23. The molecule has 6 heteroatoms. The van der Waals surface area contributed by atoms with E-state index < -0.39 is 17.9 Å². The average Bonchev–Trinajstić information content (AvgIpc) is 3.20. The van der Waals surface area contributed by atoms with Crippen molar-refractivity contribution in [2.45, 2.75) is 6.04 Å². The molecule has 3 aromatic rings. The second-order valence-corrected chi connectivity index (χ2v) is 5.65. The van der Waals surface area contributed by atoms with Crippen molar-refractivity contribution in [3.8, 4) is 5.69 Å². The molecule has 6 nitrogen and oxygen atoms in total. The summed E-state index contributed by atoms with van der Waals surface area (Å²) in [5.74, 6) is -1.00. The third-order valence-corrected chi connectivity index (χ3v) is 3.83. The molecule has 130 valence electrons. The van der Waals surface area contributed by atoms with E-state index in [1.807, 2.05) is 41.1 Å². The van der Waals surface area contributed by atoms with Gasteiger partial charge in [-0.15, -0.1) is 0 Å². The monoisotopic (exact) mass is 346 g/mol. The number of hydrogen-bond donors (Lipinski definition) is 2. The molecule has 2 aromatic carbocycles. The van der Waals surface area contributed by atoms with Crippen LogP contribution in [0.2, 0.25) is 0 Å². The molecule has 0 bridgehead atoms. The number of nitrogens with zero attached hydrogens (tertiary/aromatic N) is 2. The van der Waals surface area contributed by atoms with Crippen molar-refractivity contribution in [2.75, 3.05) is 0 Å². The van der Waals surface area contributed by atoms with E-state index in [1.54, 1.807) is 42.9 Å². The summed E-state index contributed by atoms with van der Waals surface area (Å²) in [5, 5.41) is 2.62. The van der Waals surface area contributed by atoms with E-state index >= 15 is 0 Å². The number of nitrogens with one attached hydrogen (secondary N) is 1. The first-order valence-electron chi connectivity index (χ1n) is 8.05. The van der Waals surface area contributed by atoms with Crippen molar-refractivity contribution in [1.29, 1.82) is 0 Å². The van der Waals surface area contributed by atoms with E-state index in [0.29, 0.717) is 5.56 Å². The van der Waals surface area contributed by atoms with Crippen LogP contribution in [0.4, 0.5) is 0 Å². The van der Waals surface area contributed by atoms with Gasteiger partial charge in [-0.1, -0.05) is 42.5 Å². The highest BCUT2D eigenvalue weighted by Crippen LogP contribution is 2.13. The molecule has 0 fully saturated rings. The highest BCUT2D eigenvalue weighted by atomic mass is 16.2. The van der Waals surface area contributed by atoms with E-state index in [2.05, 4.69) is 10.3 Å². The first kappa shape index (κ1) is 17.2. The molecular weight excluding hydrogens is 328 g/mol. The average molecular weight is 346 g/mol. The number of benzene rings is 2. The van der Waals surface area contributed by atoms with Crippen molar-refractivity contribution in [1.82, 2.24) is 14.9 Å². The first-order valence-corrected chi connectivity index (χ1v) is 8.05. The molecule has 1 aromatic heterocycles. The van der Waals surface area contributed by atoms with Crippen molar-refractivity contribution in [2.24, 2.45) is 5.73 Å². The van der Waals surface area contributed by atoms with Crippen LogP contribution in [0.3, 0.4) is 0 Å².